The fourth-order valence-corrected chi connectivity index (χ4v) is 2.62. The molecule has 28 heavy (non-hydrogen) atoms. The van der Waals surface area contributed by atoms with Crippen molar-refractivity contribution in [3.05, 3.63) is 46.7 Å². The molecule has 1 aliphatic rings. The zero-order chi connectivity index (χ0) is 20.9. The van der Waals surface area contributed by atoms with Gasteiger partial charge in [-0.15, -0.1) is 0 Å². The van der Waals surface area contributed by atoms with Crippen LogP contribution in [-0.2, 0) is 20.4 Å². The highest BCUT2D eigenvalue weighted by atomic mass is 19.4. The van der Waals surface area contributed by atoms with E-state index in [1.54, 1.807) is 13.8 Å². The topological polar surface area (TPSA) is 93.7 Å². The maximum Gasteiger partial charge on any atom is 0.416 e. The third kappa shape index (κ3) is 5.02. The van der Waals surface area contributed by atoms with Gasteiger partial charge in [0.05, 0.1) is 35.0 Å². The van der Waals surface area contributed by atoms with Crippen molar-refractivity contribution in [3.8, 4) is 0 Å². The van der Waals surface area contributed by atoms with Crippen molar-refractivity contribution in [1.82, 2.24) is 10.6 Å². The van der Waals surface area contributed by atoms with Gasteiger partial charge in [0.2, 0.25) is 0 Å². The molecule has 2 rings (SSSR count). The number of amides is 2. The number of carbonyl (C=O) groups is 3. The Morgan fingerprint density at radius 1 is 1.14 bits per heavy atom. The predicted molar refractivity (Wildman–Crippen MR) is 91.1 cm³/mol. The molecule has 152 valence electrons. The quantitative estimate of drug-likeness (QED) is 0.717. The lowest BCUT2D eigenvalue weighted by atomic mass is 10.0. The number of urea groups is 1. The van der Waals surface area contributed by atoms with Crippen molar-refractivity contribution in [2.75, 3.05) is 13.2 Å². The van der Waals surface area contributed by atoms with Gasteiger partial charge < -0.3 is 20.1 Å². The molecule has 0 aliphatic carbocycles. The van der Waals surface area contributed by atoms with E-state index in [1.807, 2.05) is 0 Å². The minimum atomic E-state index is -4.60. The summed E-state index contributed by atoms with van der Waals surface area (Å²) in [4.78, 5) is 36.1. The number of hydrogen-bond acceptors (Lipinski definition) is 5. The Kier molecular flexibility index (Phi) is 6.66. The van der Waals surface area contributed by atoms with Crippen LogP contribution >= 0.6 is 0 Å². The lowest BCUT2D eigenvalue weighted by Gasteiger charge is -2.28. The summed E-state index contributed by atoms with van der Waals surface area (Å²) < 4.78 is 48.3. The smallest absolute Gasteiger partial charge is 0.416 e. The molecule has 0 unspecified atom stereocenters. The number of ether oxygens (including phenoxy) is 2. The molecular formula is C18H19F3N2O5. The minimum absolute atomic E-state index is 0.0226. The van der Waals surface area contributed by atoms with Crippen LogP contribution in [0, 0.1) is 0 Å². The first-order chi connectivity index (χ1) is 13.2. The molecule has 0 saturated heterocycles. The van der Waals surface area contributed by atoms with Gasteiger partial charge in [-0.3, -0.25) is 0 Å². The van der Waals surface area contributed by atoms with Gasteiger partial charge in [0.25, 0.3) is 0 Å². The summed E-state index contributed by atoms with van der Waals surface area (Å²) in [6, 6.07) is 2.52. The molecule has 0 saturated carbocycles. The van der Waals surface area contributed by atoms with Gasteiger partial charge in [-0.2, -0.15) is 13.2 Å². The second kappa shape index (κ2) is 8.77. The van der Waals surface area contributed by atoms with Crippen LogP contribution in [0.1, 0.15) is 36.2 Å². The number of benzene rings is 1. The Hall–Kier alpha value is -3.04. The van der Waals surface area contributed by atoms with Gasteiger partial charge in [0.1, 0.15) is 6.61 Å². The SMILES string of the molecule is CCOC(=O)C1=C(COC(=O)c2cccc(C(F)(F)F)c2)NC(=O)N[C@@H]1CC. The molecule has 1 heterocycles. The standard InChI is InChI=1S/C18H19F3N2O5/c1-3-12-14(16(25)27-4-2)13(23-17(26)22-12)9-28-15(24)10-6-5-7-11(8-10)18(19,20)21/h5-8,12H,3-4,9H2,1-2H3,(H2,22,23,26)/t12-/m1/s1. The third-order valence-corrected chi connectivity index (χ3v) is 3.92. The summed E-state index contributed by atoms with van der Waals surface area (Å²) in [6.07, 6.45) is -4.22. The molecule has 2 N–H and O–H groups in total. The average Bonchev–Trinajstić information content (AvgIpc) is 2.65. The number of esters is 2. The van der Waals surface area contributed by atoms with E-state index in [9.17, 15) is 27.6 Å². The maximum atomic E-state index is 12.8. The zero-order valence-electron chi connectivity index (χ0n) is 15.2. The number of halogens is 3. The van der Waals surface area contributed by atoms with Crippen LogP contribution in [0.3, 0.4) is 0 Å². The van der Waals surface area contributed by atoms with Gasteiger partial charge in [-0.1, -0.05) is 13.0 Å². The molecular weight excluding hydrogens is 381 g/mol. The molecule has 7 nitrogen and oxygen atoms in total. The molecule has 1 aromatic rings. The van der Waals surface area contributed by atoms with Gasteiger partial charge in [-0.25, -0.2) is 14.4 Å². The summed E-state index contributed by atoms with van der Waals surface area (Å²) in [7, 11) is 0. The summed E-state index contributed by atoms with van der Waals surface area (Å²) in [6.45, 7) is 2.94. The average molecular weight is 400 g/mol. The van der Waals surface area contributed by atoms with E-state index in [0.717, 1.165) is 12.1 Å². The lowest BCUT2D eigenvalue weighted by Crippen LogP contribution is -2.51. The molecule has 0 aromatic heterocycles. The molecule has 2 amide bonds. The van der Waals surface area contributed by atoms with Crippen molar-refractivity contribution < 1.29 is 37.0 Å². The van der Waals surface area contributed by atoms with Crippen LogP contribution in [0.2, 0.25) is 0 Å². The fraction of sp³-hybridized carbons (Fsp3) is 0.389. The summed E-state index contributed by atoms with van der Waals surface area (Å²) in [5.41, 5.74) is -1.18. The predicted octanol–water partition coefficient (Wildman–Crippen LogP) is 2.77. The largest absolute Gasteiger partial charge is 0.463 e. The maximum absolute atomic E-state index is 12.8. The third-order valence-electron chi connectivity index (χ3n) is 3.92. The molecule has 1 atom stereocenters. The number of hydrogen-bond donors (Lipinski definition) is 2. The fourth-order valence-electron chi connectivity index (χ4n) is 2.62. The van der Waals surface area contributed by atoms with Gasteiger partial charge >= 0.3 is 24.1 Å². The van der Waals surface area contributed by atoms with E-state index >= 15 is 0 Å². The van der Waals surface area contributed by atoms with E-state index in [0.29, 0.717) is 12.5 Å². The molecule has 0 spiro atoms. The molecule has 1 aromatic carbocycles. The number of rotatable bonds is 6. The van der Waals surface area contributed by atoms with E-state index in [2.05, 4.69) is 10.6 Å². The van der Waals surface area contributed by atoms with Crippen LogP contribution in [0.5, 0.6) is 0 Å². The van der Waals surface area contributed by atoms with E-state index in [-0.39, 0.29) is 23.4 Å². The number of alkyl halides is 3. The monoisotopic (exact) mass is 400 g/mol. The summed E-state index contributed by atoms with van der Waals surface area (Å²) in [5, 5.41) is 4.94. The van der Waals surface area contributed by atoms with Gasteiger partial charge in [-0.05, 0) is 31.5 Å². The van der Waals surface area contributed by atoms with Gasteiger partial charge in [0.15, 0.2) is 0 Å². The molecule has 0 fully saturated rings. The Balaban J connectivity index is 2.23. The molecule has 1 aliphatic heterocycles. The van der Waals surface area contributed by atoms with Crippen molar-refractivity contribution in [2.24, 2.45) is 0 Å². The first-order valence-electron chi connectivity index (χ1n) is 8.49. The number of nitrogens with one attached hydrogen (secondary N) is 2. The minimum Gasteiger partial charge on any atom is -0.463 e. The Bertz CT molecular complexity index is 805. The van der Waals surface area contributed by atoms with E-state index in [4.69, 9.17) is 9.47 Å². The highest BCUT2D eigenvalue weighted by Gasteiger charge is 2.33. The Morgan fingerprint density at radius 3 is 2.46 bits per heavy atom. The van der Waals surface area contributed by atoms with E-state index in [1.165, 1.54) is 6.07 Å². The first-order valence-corrected chi connectivity index (χ1v) is 8.49. The van der Waals surface area contributed by atoms with Crippen LogP contribution in [0.25, 0.3) is 0 Å². The van der Waals surface area contributed by atoms with Crippen molar-refractivity contribution in [2.45, 2.75) is 32.5 Å². The highest BCUT2D eigenvalue weighted by Crippen LogP contribution is 2.29. The molecule has 10 heteroatoms. The highest BCUT2D eigenvalue weighted by molar-refractivity contribution is 5.95. The van der Waals surface area contributed by atoms with Crippen LogP contribution < -0.4 is 10.6 Å². The van der Waals surface area contributed by atoms with Crippen molar-refractivity contribution in [3.63, 3.8) is 0 Å². The summed E-state index contributed by atoms with van der Waals surface area (Å²) >= 11 is 0. The van der Waals surface area contributed by atoms with Gasteiger partial charge in [0, 0.05) is 0 Å². The van der Waals surface area contributed by atoms with Crippen molar-refractivity contribution >= 4 is 18.0 Å². The lowest BCUT2D eigenvalue weighted by molar-refractivity contribution is -0.139. The second-order valence-corrected chi connectivity index (χ2v) is 5.83. The zero-order valence-corrected chi connectivity index (χ0v) is 15.2. The van der Waals surface area contributed by atoms with E-state index < -0.39 is 42.4 Å². The normalized spacial score (nSPS) is 16.9. The first kappa shape index (κ1) is 21.3. The number of carbonyl (C=O) groups excluding carboxylic acids is 3. The summed E-state index contributed by atoms with van der Waals surface area (Å²) in [5.74, 6) is -1.71. The second-order valence-electron chi connectivity index (χ2n) is 5.83. The molecule has 0 bridgehead atoms. The Labute approximate surface area is 158 Å². The van der Waals surface area contributed by atoms with Crippen molar-refractivity contribution in [1.29, 1.82) is 0 Å². The Morgan fingerprint density at radius 2 is 1.86 bits per heavy atom. The van der Waals surface area contributed by atoms with Crippen LogP contribution in [0.15, 0.2) is 35.5 Å². The molecule has 0 radical (unpaired) electrons. The van der Waals surface area contributed by atoms with Crippen LogP contribution in [0.4, 0.5) is 18.0 Å². The van der Waals surface area contributed by atoms with Crippen LogP contribution in [-0.4, -0.2) is 37.2 Å².